The molecule has 0 atom stereocenters. The summed E-state index contributed by atoms with van der Waals surface area (Å²) in [6.07, 6.45) is 4.80. The zero-order chi connectivity index (χ0) is 38.5. The lowest BCUT2D eigenvalue weighted by Crippen LogP contribution is -2.19. The molecule has 0 fully saturated rings. The van der Waals surface area contributed by atoms with Gasteiger partial charge >= 0.3 is 0 Å². The molecular weight excluding hydrogens is 709 g/mol. The number of benzene rings is 7. The largest absolute Gasteiger partial charge is 0.321 e. The summed E-state index contributed by atoms with van der Waals surface area (Å²) in [5.41, 5.74) is 4.17. The molecule has 57 heavy (non-hydrogen) atoms. The number of amides is 3. The van der Waals surface area contributed by atoms with Gasteiger partial charge in [0.15, 0.2) is 0 Å². The van der Waals surface area contributed by atoms with Crippen molar-refractivity contribution in [1.82, 2.24) is 15.0 Å². The molecule has 10 rings (SSSR count). The number of anilines is 3. The molecule has 0 saturated carbocycles. The second kappa shape index (κ2) is 13.7. The highest BCUT2D eigenvalue weighted by atomic mass is 16.2. The topological polar surface area (TPSA) is 126 Å². The van der Waals surface area contributed by atoms with Crippen molar-refractivity contribution < 1.29 is 14.4 Å². The summed E-state index contributed by atoms with van der Waals surface area (Å²) in [5, 5.41) is 17.5. The summed E-state index contributed by atoms with van der Waals surface area (Å²) in [5.74, 6) is -1.54. The number of hydrogen-bond acceptors (Lipinski definition) is 6. The van der Waals surface area contributed by atoms with E-state index in [0.717, 1.165) is 65.0 Å². The first kappa shape index (κ1) is 33.5. The van der Waals surface area contributed by atoms with Crippen molar-refractivity contribution >= 4 is 99.8 Å². The molecule has 0 aliphatic heterocycles. The third kappa shape index (κ3) is 6.29. The van der Waals surface area contributed by atoms with E-state index in [1.165, 1.54) is 18.2 Å². The predicted octanol–water partition coefficient (Wildman–Crippen LogP) is 10.5. The number of rotatable bonds is 6. The molecule has 9 heteroatoms. The van der Waals surface area contributed by atoms with Crippen LogP contribution in [0.15, 0.2) is 164 Å². The van der Waals surface area contributed by atoms with Gasteiger partial charge < -0.3 is 16.0 Å². The summed E-state index contributed by atoms with van der Waals surface area (Å²) < 4.78 is 0. The van der Waals surface area contributed by atoms with Crippen molar-refractivity contribution in [2.45, 2.75) is 0 Å². The third-order valence-corrected chi connectivity index (χ3v) is 10.2. The number of pyridine rings is 3. The van der Waals surface area contributed by atoms with Crippen LogP contribution in [0.3, 0.4) is 0 Å². The number of fused-ring (bicyclic) bond motifs is 9. The van der Waals surface area contributed by atoms with E-state index in [9.17, 15) is 14.4 Å². The van der Waals surface area contributed by atoms with Gasteiger partial charge in [-0.05, 0) is 52.6 Å². The van der Waals surface area contributed by atoms with Gasteiger partial charge in [0.1, 0.15) is 0 Å². The SMILES string of the molecule is O=C(Nc1cnc2c(ccc3ccccc32)c1)c1cc(C(=O)Nc2cnc3c(ccc4ccccc43)c2)cc(C(=O)Nc2cnc3c(ccc4ccccc43)c2)c1. The maximum absolute atomic E-state index is 13.9. The van der Waals surface area contributed by atoms with Crippen molar-refractivity contribution in [3.05, 3.63) is 181 Å². The lowest BCUT2D eigenvalue weighted by molar-refractivity contribution is 0.102. The van der Waals surface area contributed by atoms with Crippen LogP contribution in [-0.4, -0.2) is 32.7 Å². The quantitative estimate of drug-likeness (QED) is 0.146. The molecule has 0 spiro atoms. The minimum atomic E-state index is -0.515. The van der Waals surface area contributed by atoms with Crippen LogP contribution in [0.25, 0.3) is 65.0 Å². The van der Waals surface area contributed by atoms with Crippen molar-refractivity contribution in [2.75, 3.05) is 16.0 Å². The Morgan fingerprint density at radius 1 is 0.333 bits per heavy atom. The van der Waals surface area contributed by atoms with Crippen molar-refractivity contribution in [1.29, 1.82) is 0 Å². The van der Waals surface area contributed by atoms with Gasteiger partial charge in [-0.25, -0.2) is 0 Å². The van der Waals surface area contributed by atoms with Crippen LogP contribution in [0, 0.1) is 0 Å². The van der Waals surface area contributed by atoms with Crippen molar-refractivity contribution in [2.24, 2.45) is 0 Å². The Morgan fingerprint density at radius 2 is 0.614 bits per heavy atom. The van der Waals surface area contributed by atoms with Gasteiger partial charge in [0, 0.05) is 49.0 Å². The van der Waals surface area contributed by atoms with Crippen LogP contribution in [0.5, 0.6) is 0 Å². The van der Waals surface area contributed by atoms with Gasteiger partial charge in [-0.15, -0.1) is 0 Å². The predicted molar refractivity (Wildman–Crippen MR) is 228 cm³/mol. The van der Waals surface area contributed by atoms with E-state index in [4.69, 9.17) is 0 Å². The minimum absolute atomic E-state index is 0.109. The standard InChI is InChI=1S/C48H30N6O3/c55-46(52-37-22-31-16-13-28-7-1-4-10-40(28)43(31)49-25-37)34-19-35(47(56)53-38-23-32-17-14-29-8-2-5-11-41(29)44(32)50-26-38)21-36(20-34)48(57)54-39-24-33-18-15-30-9-3-6-12-42(30)45(33)51-27-39/h1-27H,(H,52,55)(H,53,56)(H,54,57). The highest BCUT2D eigenvalue weighted by molar-refractivity contribution is 6.15. The summed E-state index contributed by atoms with van der Waals surface area (Å²) in [6, 6.07) is 45.8. The van der Waals surface area contributed by atoms with E-state index < -0.39 is 17.7 Å². The number of aromatic nitrogens is 3. The van der Waals surface area contributed by atoms with Crippen LogP contribution in [0.4, 0.5) is 17.1 Å². The van der Waals surface area contributed by atoms with Crippen molar-refractivity contribution in [3.63, 3.8) is 0 Å². The Morgan fingerprint density at radius 3 is 0.930 bits per heavy atom. The minimum Gasteiger partial charge on any atom is -0.321 e. The molecule has 7 aromatic carbocycles. The zero-order valence-corrected chi connectivity index (χ0v) is 30.2. The summed E-state index contributed by atoms with van der Waals surface area (Å²) in [4.78, 5) is 55.7. The number of hydrogen-bond donors (Lipinski definition) is 3. The molecule has 3 N–H and O–H groups in total. The highest BCUT2D eigenvalue weighted by Gasteiger charge is 2.19. The normalized spacial score (nSPS) is 11.4. The molecule has 10 aromatic rings. The monoisotopic (exact) mass is 738 g/mol. The smallest absolute Gasteiger partial charge is 0.255 e. The Bertz CT molecular complexity index is 2950. The Kier molecular flexibility index (Phi) is 8.04. The summed E-state index contributed by atoms with van der Waals surface area (Å²) >= 11 is 0. The molecule has 270 valence electrons. The van der Waals surface area contributed by atoms with E-state index in [0.29, 0.717) is 17.1 Å². The van der Waals surface area contributed by atoms with E-state index in [-0.39, 0.29) is 16.7 Å². The lowest BCUT2D eigenvalue weighted by Gasteiger charge is -2.13. The molecule has 3 aromatic heterocycles. The van der Waals surface area contributed by atoms with Gasteiger partial charge in [-0.2, -0.15) is 0 Å². The molecule has 0 saturated heterocycles. The molecule has 3 heterocycles. The van der Waals surface area contributed by atoms with Gasteiger partial charge in [-0.1, -0.05) is 109 Å². The molecule has 0 bridgehead atoms. The van der Waals surface area contributed by atoms with Crippen LogP contribution >= 0.6 is 0 Å². The Balaban J connectivity index is 0.978. The molecule has 0 unspecified atom stereocenters. The van der Waals surface area contributed by atoms with Crippen LogP contribution in [-0.2, 0) is 0 Å². The average Bonchev–Trinajstić information content (AvgIpc) is 3.25. The molecule has 3 amide bonds. The molecule has 0 radical (unpaired) electrons. The second-order valence-electron chi connectivity index (χ2n) is 13.9. The first-order valence-corrected chi connectivity index (χ1v) is 18.4. The third-order valence-electron chi connectivity index (χ3n) is 10.2. The van der Waals surface area contributed by atoms with E-state index in [1.54, 1.807) is 18.6 Å². The first-order chi connectivity index (χ1) is 27.9. The lowest BCUT2D eigenvalue weighted by atomic mass is 10.0. The van der Waals surface area contributed by atoms with Gasteiger partial charge in [0.05, 0.1) is 52.2 Å². The first-order valence-electron chi connectivity index (χ1n) is 18.4. The highest BCUT2D eigenvalue weighted by Crippen LogP contribution is 2.29. The van der Waals surface area contributed by atoms with E-state index in [1.807, 2.05) is 127 Å². The Labute approximate surface area is 325 Å². The maximum atomic E-state index is 13.9. The summed E-state index contributed by atoms with van der Waals surface area (Å²) in [6.45, 7) is 0. The Hall–Kier alpha value is -8.04. The van der Waals surface area contributed by atoms with Gasteiger partial charge in [0.2, 0.25) is 0 Å². The van der Waals surface area contributed by atoms with E-state index in [2.05, 4.69) is 30.9 Å². The molecular formula is C48H30N6O3. The molecule has 0 aliphatic carbocycles. The average molecular weight is 739 g/mol. The molecule has 9 nitrogen and oxygen atoms in total. The zero-order valence-electron chi connectivity index (χ0n) is 30.2. The number of nitrogens with one attached hydrogen (secondary N) is 3. The van der Waals surface area contributed by atoms with E-state index >= 15 is 0 Å². The number of carbonyl (C=O) groups excluding carboxylic acids is 3. The molecule has 0 aliphatic rings. The van der Waals surface area contributed by atoms with Crippen molar-refractivity contribution in [3.8, 4) is 0 Å². The fourth-order valence-corrected chi connectivity index (χ4v) is 7.45. The number of carbonyl (C=O) groups is 3. The van der Waals surface area contributed by atoms with Gasteiger partial charge in [-0.3, -0.25) is 29.3 Å². The summed E-state index contributed by atoms with van der Waals surface area (Å²) in [7, 11) is 0. The maximum Gasteiger partial charge on any atom is 0.255 e. The van der Waals surface area contributed by atoms with Crippen LogP contribution in [0.1, 0.15) is 31.1 Å². The van der Waals surface area contributed by atoms with Gasteiger partial charge in [0.25, 0.3) is 17.7 Å². The van der Waals surface area contributed by atoms with Crippen LogP contribution < -0.4 is 16.0 Å². The fourth-order valence-electron chi connectivity index (χ4n) is 7.45. The fraction of sp³-hybridized carbons (Fsp3) is 0. The van der Waals surface area contributed by atoms with Crippen LogP contribution in [0.2, 0.25) is 0 Å². The second-order valence-corrected chi connectivity index (χ2v) is 13.9. The number of nitrogens with zero attached hydrogens (tertiary/aromatic N) is 3.